The molecule has 0 spiro atoms. The minimum atomic E-state index is -4.47. The highest BCUT2D eigenvalue weighted by atomic mass is 79.9. The molecule has 1 heterocycles. The zero-order valence-corrected chi connectivity index (χ0v) is 12.0. The van der Waals surface area contributed by atoms with Gasteiger partial charge in [-0.25, -0.2) is 0 Å². The van der Waals surface area contributed by atoms with E-state index in [1.54, 1.807) is 0 Å². The molecule has 2 rings (SSSR count). The van der Waals surface area contributed by atoms with Gasteiger partial charge in [0.05, 0.1) is 0 Å². The van der Waals surface area contributed by atoms with E-state index in [-0.39, 0.29) is 6.04 Å². The molecule has 106 valence electrons. The number of aromatic nitrogens is 2. The van der Waals surface area contributed by atoms with E-state index < -0.39 is 11.9 Å². The second-order valence-corrected chi connectivity index (χ2v) is 5.13. The van der Waals surface area contributed by atoms with Crippen molar-refractivity contribution in [3.8, 4) is 0 Å². The van der Waals surface area contributed by atoms with Crippen molar-refractivity contribution in [1.82, 2.24) is 10.2 Å². The van der Waals surface area contributed by atoms with E-state index in [9.17, 15) is 13.2 Å². The summed E-state index contributed by atoms with van der Waals surface area (Å²) in [6.07, 6.45) is -4.47. The fraction of sp³-hybridized carbons (Fsp3) is 0.231. The van der Waals surface area contributed by atoms with E-state index in [0.29, 0.717) is 5.82 Å². The van der Waals surface area contributed by atoms with Crippen molar-refractivity contribution in [2.24, 2.45) is 0 Å². The highest BCUT2D eigenvalue weighted by Crippen LogP contribution is 2.27. The molecule has 0 saturated carbocycles. The fourth-order valence-electron chi connectivity index (χ4n) is 1.62. The third kappa shape index (κ3) is 3.69. The molecule has 1 unspecified atom stereocenters. The smallest absolute Gasteiger partial charge is 0.362 e. The van der Waals surface area contributed by atoms with Crippen LogP contribution in [0.5, 0.6) is 0 Å². The maximum absolute atomic E-state index is 12.4. The largest absolute Gasteiger partial charge is 0.435 e. The number of alkyl halides is 3. The van der Waals surface area contributed by atoms with Gasteiger partial charge in [-0.05, 0) is 36.8 Å². The van der Waals surface area contributed by atoms with Gasteiger partial charge in [0.1, 0.15) is 5.82 Å². The average Bonchev–Trinajstić information content (AvgIpc) is 2.39. The summed E-state index contributed by atoms with van der Waals surface area (Å²) >= 11 is 3.34. The maximum Gasteiger partial charge on any atom is 0.435 e. The molecular weight excluding hydrogens is 335 g/mol. The number of nitrogens with one attached hydrogen (secondary N) is 1. The van der Waals surface area contributed by atoms with Crippen molar-refractivity contribution < 1.29 is 13.2 Å². The monoisotopic (exact) mass is 345 g/mol. The van der Waals surface area contributed by atoms with E-state index in [0.717, 1.165) is 16.1 Å². The molecule has 0 aliphatic rings. The number of rotatable bonds is 3. The first kappa shape index (κ1) is 14.8. The van der Waals surface area contributed by atoms with Crippen LogP contribution in [0.1, 0.15) is 24.2 Å². The second-order valence-electron chi connectivity index (χ2n) is 4.22. The van der Waals surface area contributed by atoms with E-state index in [1.165, 1.54) is 6.07 Å². The molecule has 0 aliphatic carbocycles. The third-order valence-corrected chi connectivity index (χ3v) is 3.22. The maximum atomic E-state index is 12.4. The van der Waals surface area contributed by atoms with Gasteiger partial charge in [0.15, 0.2) is 5.69 Å². The highest BCUT2D eigenvalue weighted by Gasteiger charge is 2.32. The van der Waals surface area contributed by atoms with Gasteiger partial charge >= 0.3 is 6.18 Å². The Morgan fingerprint density at radius 2 is 1.70 bits per heavy atom. The molecule has 1 atom stereocenters. The van der Waals surface area contributed by atoms with Crippen LogP contribution in [0.15, 0.2) is 40.9 Å². The summed E-state index contributed by atoms with van der Waals surface area (Å²) in [5.41, 5.74) is -0.00533. The van der Waals surface area contributed by atoms with Crippen LogP contribution in [0.25, 0.3) is 0 Å². The molecular formula is C13H11BrF3N3. The predicted octanol–water partition coefficient (Wildman–Crippen LogP) is 4.43. The number of halogens is 4. The SMILES string of the molecule is CC(Nc1ccc(C(F)(F)F)nn1)c1ccc(Br)cc1. The Hall–Kier alpha value is -1.63. The van der Waals surface area contributed by atoms with Crippen molar-refractivity contribution in [2.45, 2.75) is 19.1 Å². The van der Waals surface area contributed by atoms with E-state index in [2.05, 4.69) is 31.4 Å². The Labute approximate surface area is 122 Å². The Morgan fingerprint density at radius 1 is 1.05 bits per heavy atom. The summed E-state index contributed by atoms with van der Waals surface area (Å²) < 4.78 is 38.0. The first-order valence-electron chi connectivity index (χ1n) is 5.79. The molecule has 0 amide bonds. The quantitative estimate of drug-likeness (QED) is 0.893. The number of hydrogen-bond donors (Lipinski definition) is 1. The minimum absolute atomic E-state index is 0.0888. The summed E-state index contributed by atoms with van der Waals surface area (Å²) in [4.78, 5) is 0. The lowest BCUT2D eigenvalue weighted by Gasteiger charge is -2.15. The molecule has 7 heteroatoms. The standard InChI is InChI=1S/C13H11BrF3N3/c1-8(9-2-4-10(14)5-3-9)18-12-7-6-11(19-20-12)13(15,16)17/h2-8H,1H3,(H,18,20). The summed E-state index contributed by atoms with van der Waals surface area (Å²) in [5.74, 6) is 0.299. The molecule has 3 nitrogen and oxygen atoms in total. The number of anilines is 1. The van der Waals surface area contributed by atoms with Gasteiger partial charge in [-0.1, -0.05) is 28.1 Å². The summed E-state index contributed by atoms with van der Waals surface area (Å²) in [6.45, 7) is 1.89. The number of hydrogen-bond acceptors (Lipinski definition) is 3. The van der Waals surface area contributed by atoms with Gasteiger partial charge in [0.25, 0.3) is 0 Å². The Morgan fingerprint density at radius 3 is 2.20 bits per heavy atom. The second kappa shape index (κ2) is 5.78. The fourth-order valence-corrected chi connectivity index (χ4v) is 1.88. The van der Waals surface area contributed by atoms with Crippen LogP contribution >= 0.6 is 15.9 Å². The number of benzene rings is 1. The average molecular weight is 346 g/mol. The third-order valence-electron chi connectivity index (χ3n) is 2.69. The lowest BCUT2D eigenvalue weighted by Crippen LogP contribution is -2.12. The lowest BCUT2D eigenvalue weighted by molar-refractivity contribution is -0.141. The van der Waals surface area contributed by atoms with Gasteiger partial charge in [-0.2, -0.15) is 13.2 Å². The van der Waals surface area contributed by atoms with Crippen molar-refractivity contribution >= 4 is 21.7 Å². The molecule has 1 N–H and O–H groups in total. The van der Waals surface area contributed by atoms with Crippen LogP contribution in [0, 0.1) is 0 Å². The zero-order chi connectivity index (χ0) is 14.8. The first-order chi connectivity index (χ1) is 9.36. The first-order valence-corrected chi connectivity index (χ1v) is 6.58. The Bertz CT molecular complexity index is 567. The van der Waals surface area contributed by atoms with Crippen molar-refractivity contribution in [2.75, 3.05) is 5.32 Å². The summed E-state index contributed by atoms with van der Waals surface area (Å²) in [7, 11) is 0. The van der Waals surface area contributed by atoms with Gasteiger partial charge in [0.2, 0.25) is 0 Å². The molecule has 0 aliphatic heterocycles. The van der Waals surface area contributed by atoms with Gasteiger partial charge in [0, 0.05) is 10.5 Å². The zero-order valence-electron chi connectivity index (χ0n) is 10.4. The molecule has 0 radical (unpaired) electrons. The van der Waals surface area contributed by atoms with E-state index >= 15 is 0 Å². The van der Waals surface area contributed by atoms with Gasteiger partial charge < -0.3 is 5.32 Å². The van der Waals surface area contributed by atoms with E-state index in [4.69, 9.17) is 0 Å². The van der Waals surface area contributed by atoms with E-state index in [1.807, 2.05) is 31.2 Å². The van der Waals surface area contributed by atoms with Crippen LogP contribution in [0.2, 0.25) is 0 Å². The highest BCUT2D eigenvalue weighted by molar-refractivity contribution is 9.10. The van der Waals surface area contributed by atoms with Crippen LogP contribution in [-0.2, 0) is 6.18 Å². The van der Waals surface area contributed by atoms with Crippen molar-refractivity contribution in [3.63, 3.8) is 0 Å². The van der Waals surface area contributed by atoms with Crippen LogP contribution in [0.3, 0.4) is 0 Å². The number of nitrogens with zero attached hydrogens (tertiary/aromatic N) is 2. The lowest BCUT2D eigenvalue weighted by atomic mass is 10.1. The Balaban J connectivity index is 2.08. The topological polar surface area (TPSA) is 37.8 Å². The van der Waals surface area contributed by atoms with Crippen LogP contribution in [0.4, 0.5) is 19.0 Å². The molecule has 0 saturated heterocycles. The summed E-state index contributed by atoms with van der Waals surface area (Å²) in [6, 6.07) is 9.71. The normalized spacial score (nSPS) is 13.1. The van der Waals surface area contributed by atoms with Crippen LogP contribution in [-0.4, -0.2) is 10.2 Å². The molecule has 0 fully saturated rings. The van der Waals surface area contributed by atoms with Gasteiger partial charge in [-0.3, -0.25) is 0 Å². The van der Waals surface area contributed by atoms with Gasteiger partial charge in [-0.15, -0.1) is 10.2 Å². The van der Waals surface area contributed by atoms with Crippen LogP contribution < -0.4 is 5.32 Å². The van der Waals surface area contributed by atoms with Crippen molar-refractivity contribution in [3.05, 3.63) is 52.1 Å². The van der Waals surface area contributed by atoms with Crippen molar-refractivity contribution in [1.29, 1.82) is 0 Å². The Kier molecular flexibility index (Phi) is 4.27. The molecule has 1 aromatic carbocycles. The molecule has 20 heavy (non-hydrogen) atoms. The molecule has 0 bridgehead atoms. The predicted molar refractivity (Wildman–Crippen MR) is 73.2 cm³/mol. The molecule has 2 aromatic rings. The summed E-state index contributed by atoms with van der Waals surface area (Å²) in [5, 5.41) is 9.70. The minimum Gasteiger partial charge on any atom is -0.362 e. The molecule has 1 aromatic heterocycles.